The largest absolute Gasteiger partial charge is 0.494 e. The Kier molecular flexibility index (Phi) is 5.93. The lowest BCUT2D eigenvalue weighted by atomic mass is 10.2. The summed E-state index contributed by atoms with van der Waals surface area (Å²) in [6, 6.07) is 15.4. The van der Waals surface area contributed by atoms with Gasteiger partial charge in [0.2, 0.25) is 10.0 Å². The molecule has 142 valence electrons. The summed E-state index contributed by atoms with van der Waals surface area (Å²) in [5.74, 6) is 0.755. The zero-order valence-electron chi connectivity index (χ0n) is 14.8. The molecule has 7 heteroatoms. The van der Waals surface area contributed by atoms with E-state index in [1.165, 1.54) is 34.8 Å². The zero-order valence-corrected chi connectivity index (χ0v) is 15.7. The third-order valence-corrected chi connectivity index (χ3v) is 5.76. The van der Waals surface area contributed by atoms with E-state index < -0.39 is 10.0 Å². The number of furan rings is 1. The second kappa shape index (κ2) is 8.37. The maximum atomic E-state index is 13.2. The van der Waals surface area contributed by atoms with Gasteiger partial charge in [0, 0.05) is 6.54 Å². The van der Waals surface area contributed by atoms with Crippen LogP contribution in [0.2, 0.25) is 0 Å². The molecule has 0 aliphatic heterocycles. The van der Waals surface area contributed by atoms with Gasteiger partial charge in [0.25, 0.3) is 0 Å². The van der Waals surface area contributed by atoms with Gasteiger partial charge in [0.15, 0.2) is 0 Å². The van der Waals surface area contributed by atoms with Crippen molar-refractivity contribution in [3.8, 4) is 5.75 Å². The number of benzene rings is 2. The van der Waals surface area contributed by atoms with Crippen LogP contribution in [0, 0.1) is 5.82 Å². The lowest BCUT2D eigenvalue weighted by Gasteiger charge is -2.21. The van der Waals surface area contributed by atoms with Gasteiger partial charge < -0.3 is 9.15 Å². The number of sulfonamides is 1. The van der Waals surface area contributed by atoms with Crippen LogP contribution in [-0.2, 0) is 23.1 Å². The van der Waals surface area contributed by atoms with Crippen molar-refractivity contribution in [2.24, 2.45) is 0 Å². The van der Waals surface area contributed by atoms with E-state index in [-0.39, 0.29) is 23.8 Å². The molecule has 3 rings (SSSR count). The summed E-state index contributed by atoms with van der Waals surface area (Å²) in [6.07, 6.45) is 1.49. The van der Waals surface area contributed by atoms with E-state index in [4.69, 9.17) is 9.15 Å². The highest BCUT2D eigenvalue weighted by atomic mass is 32.2. The van der Waals surface area contributed by atoms with Crippen LogP contribution in [-0.4, -0.2) is 19.3 Å². The SMILES string of the molecule is CCOc1ccc(S(=O)(=O)N(Cc2ccc(F)cc2)Cc2ccco2)cc1. The number of rotatable bonds is 8. The minimum Gasteiger partial charge on any atom is -0.494 e. The summed E-state index contributed by atoms with van der Waals surface area (Å²) in [4.78, 5) is 0.152. The predicted molar refractivity (Wildman–Crippen MR) is 99.2 cm³/mol. The van der Waals surface area contributed by atoms with Crippen LogP contribution in [0.5, 0.6) is 5.75 Å². The van der Waals surface area contributed by atoms with E-state index in [0.717, 1.165) is 0 Å². The fourth-order valence-electron chi connectivity index (χ4n) is 2.62. The minimum absolute atomic E-state index is 0.0694. The first-order valence-electron chi connectivity index (χ1n) is 8.49. The Morgan fingerprint density at radius 3 is 2.30 bits per heavy atom. The molecule has 0 spiro atoms. The first-order valence-corrected chi connectivity index (χ1v) is 9.93. The molecule has 1 aromatic heterocycles. The molecule has 3 aromatic rings. The maximum Gasteiger partial charge on any atom is 0.243 e. The molecule has 2 aromatic carbocycles. The van der Waals surface area contributed by atoms with Gasteiger partial charge in [-0.2, -0.15) is 4.31 Å². The second-order valence-electron chi connectivity index (χ2n) is 5.88. The molecule has 5 nitrogen and oxygen atoms in total. The Morgan fingerprint density at radius 2 is 1.70 bits per heavy atom. The fourth-order valence-corrected chi connectivity index (χ4v) is 4.01. The predicted octanol–water partition coefficient (Wildman–Crippen LogP) is 4.21. The summed E-state index contributed by atoms with van der Waals surface area (Å²) in [6.45, 7) is 2.52. The average Bonchev–Trinajstić information content (AvgIpc) is 3.17. The zero-order chi connectivity index (χ0) is 19.3. The lowest BCUT2D eigenvalue weighted by Crippen LogP contribution is -2.30. The molecule has 0 fully saturated rings. The first kappa shape index (κ1) is 19.1. The van der Waals surface area contributed by atoms with Gasteiger partial charge in [-0.15, -0.1) is 0 Å². The van der Waals surface area contributed by atoms with Crippen LogP contribution in [0.15, 0.2) is 76.2 Å². The third kappa shape index (κ3) is 4.75. The molecule has 0 N–H and O–H groups in total. The highest BCUT2D eigenvalue weighted by molar-refractivity contribution is 7.89. The van der Waals surface area contributed by atoms with E-state index in [1.807, 2.05) is 6.92 Å². The topological polar surface area (TPSA) is 59.8 Å². The highest BCUT2D eigenvalue weighted by Crippen LogP contribution is 2.23. The molecule has 0 aliphatic carbocycles. The van der Waals surface area contributed by atoms with E-state index in [0.29, 0.717) is 23.7 Å². The Bertz CT molecular complexity index is 952. The Labute approximate surface area is 158 Å². The minimum atomic E-state index is -3.79. The average molecular weight is 389 g/mol. The summed E-state index contributed by atoms with van der Waals surface area (Å²) >= 11 is 0. The van der Waals surface area contributed by atoms with Crippen molar-refractivity contribution in [2.45, 2.75) is 24.9 Å². The standard InChI is InChI=1S/C20H20FNO4S/c1-2-25-18-9-11-20(12-10-18)27(23,24)22(15-19-4-3-13-26-19)14-16-5-7-17(21)8-6-16/h3-13H,2,14-15H2,1H3. The summed E-state index contributed by atoms with van der Waals surface area (Å²) in [5.41, 5.74) is 0.678. The van der Waals surface area contributed by atoms with Crippen LogP contribution < -0.4 is 4.74 Å². The molecule has 0 saturated carbocycles. The Hall–Kier alpha value is -2.64. The number of hydrogen-bond acceptors (Lipinski definition) is 4. The molecule has 0 unspecified atom stereocenters. The second-order valence-corrected chi connectivity index (χ2v) is 7.82. The molecule has 0 atom stereocenters. The maximum absolute atomic E-state index is 13.2. The summed E-state index contributed by atoms with van der Waals surface area (Å²) in [7, 11) is -3.79. The Morgan fingerprint density at radius 1 is 1.00 bits per heavy atom. The van der Waals surface area contributed by atoms with Crippen molar-refractivity contribution >= 4 is 10.0 Å². The van der Waals surface area contributed by atoms with E-state index in [2.05, 4.69) is 0 Å². The van der Waals surface area contributed by atoms with Crippen molar-refractivity contribution in [3.05, 3.63) is 84.1 Å². The van der Waals surface area contributed by atoms with Gasteiger partial charge in [-0.05, 0) is 61.0 Å². The highest BCUT2D eigenvalue weighted by Gasteiger charge is 2.26. The van der Waals surface area contributed by atoms with Gasteiger partial charge in [-0.25, -0.2) is 12.8 Å². The number of ether oxygens (including phenoxy) is 1. The molecule has 0 amide bonds. The molecule has 0 saturated heterocycles. The van der Waals surface area contributed by atoms with Gasteiger partial charge in [-0.3, -0.25) is 0 Å². The van der Waals surface area contributed by atoms with E-state index in [9.17, 15) is 12.8 Å². The number of nitrogens with zero attached hydrogens (tertiary/aromatic N) is 1. The van der Waals surface area contributed by atoms with E-state index in [1.54, 1.807) is 36.4 Å². The van der Waals surface area contributed by atoms with Gasteiger partial charge in [-0.1, -0.05) is 12.1 Å². The lowest BCUT2D eigenvalue weighted by molar-refractivity contribution is 0.339. The molecular weight excluding hydrogens is 369 g/mol. The molecule has 1 heterocycles. The smallest absolute Gasteiger partial charge is 0.243 e. The Balaban J connectivity index is 1.90. The van der Waals surface area contributed by atoms with Gasteiger partial charge >= 0.3 is 0 Å². The molecule has 27 heavy (non-hydrogen) atoms. The summed E-state index contributed by atoms with van der Waals surface area (Å²) in [5, 5.41) is 0. The molecule has 0 bridgehead atoms. The van der Waals surface area contributed by atoms with Crippen molar-refractivity contribution in [2.75, 3.05) is 6.61 Å². The molecule has 0 radical (unpaired) electrons. The first-order chi connectivity index (χ1) is 13.0. The van der Waals surface area contributed by atoms with Crippen molar-refractivity contribution < 1.29 is 22.0 Å². The van der Waals surface area contributed by atoms with Crippen molar-refractivity contribution in [1.29, 1.82) is 0 Å². The molecular formula is C20H20FNO4S. The van der Waals surface area contributed by atoms with Crippen LogP contribution in [0.3, 0.4) is 0 Å². The quantitative estimate of drug-likeness (QED) is 0.579. The van der Waals surface area contributed by atoms with Gasteiger partial charge in [0.1, 0.15) is 17.3 Å². The fraction of sp³-hybridized carbons (Fsp3) is 0.200. The van der Waals surface area contributed by atoms with E-state index >= 15 is 0 Å². The monoisotopic (exact) mass is 389 g/mol. The number of halogens is 1. The third-order valence-electron chi connectivity index (χ3n) is 3.96. The normalized spacial score (nSPS) is 11.7. The molecule has 0 aliphatic rings. The van der Waals surface area contributed by atoms with Crippen LogP contribution in [0.4, 0.5) is 4.39 Å². The summed E-state index contributed by atoms with van der Waals surface area (Å²) < 4.78 is 51.5. The van der Waals surface area contributed by atoms with Crippen molar-refractivity contribution in [1.82, 2.24) is 4.31 Å². The van der Waals surface area contributed by atoms with Crippen molar-refractivity contribution in [3.63, 3.8) is 0 Å². The van der Waals surface area contributed by atoms with Crippen LogP contribution in [0.25, 0.3) is 0 Å². The van der Waals surface area contributed by atoms with Crippen LogP contribution >= 0.6 is 0 Å². The van der Waals surface area contributed by atoms with Gasteiger partial charge in [0.05, 0.1) is 24.3 Å². The number of hydrogen-bond donors (Lipinski definition) is 0. The van der Waals surface area contributed by atoms with Crippen LogP contribution in [0.1, 0.15) is 18.2 Å².